The zero-order valence-electron chi connectivity index (χ0n) is 59.7. The average molecular weight is 1080 g/mol. The third-order valence-corrected chi connectivity index (χ3v) is 19.2. The molecule has 0 aromatic carbocycles. The number of unbranched alkanes of at least 4 members (excludes halogenated alkanes) is 2. The van der Waals surface area contributed by atoms with Crippen molar-refractivity contribution in [3.63, 3.8) is 0 Å². The minimum Gasteiger partial charge on any atom is -0.0654 e. The van der Waals surface area contributed by atoms with Gasteiger partial charge in [0.25, 0.3) is 0 Å². The number of hydrogen-bond donors (Lipinski definition) is 0. The molecule has 5 aliphatic carbocycles. The molecule has 0 nitrogen and oxygen atoms in total. The second-order valence-electron chi connectivity index (χ2n) is 30.3. The predicted molar refractivity (Wildman–Crippen MR) is 360 cm³/mol. The molecule has 0 aliphatic heterocycles. The second-order valence-corrected chi connectivity index (χ2v) is 30.3. The average Bonchev–Trinajstić information content (AvgIpc) is 3.89. The summed E-state index contributed by atoms with van der Waals surface area (Å²) in [6, 6.07) is 0. The lowest BCUT2D eigenvalue weighted by Gasteiger charge is -2.32. The van der Waals surface area contributed by atoms with Crippen molar-refractivity contribution >= 4 is 0 Å². The van der Waals surface area contributed by atoms with Crippen molar-refractivity contribution in [1.29, 1.82) is 0 Å². The fourth-order valence-electron chi connectivity index (χ4n) is 11.2. The van der Waals surface area contributed by atoms with Crippen molar-refractivity contribution in [2.45, 2.75) is 399 Å². The molecular formula is C76H162. The minimum absolute atomic E-state index is 0.550. The van der Waals surface area contributed by atoms with Gasteiger partial charge in [-0.05, 0) is 113 Å². The maximum atomic E-state index is 2.40. The lowest BCUT2D eigenvalue weighted by molar-refractivity contribution is 0.197. The summed E-state index contributed by atoms with van der Waals surface area (Å²) in [5.74, 6) is 13.7. The van der Waals surface area contributed by atoms with Gasteiger partial charge in [-0.15, -0.1) is 0 Å². The lowest BCUT2D eigenvalue weighted by Crippen LogP contribution is -2.21. The highest BCUT2D eigenvalue weighted by Crippen LogP contribution is 2.38. The first-order valence-corrected chi connectivity index (χ1v) is 35.5. The number of rotatable bonds is 15. The van der Waals surface area contributed by atoms with Gasteiger partial charge in [0.1, 0.15) is 0 Å². The Labute approximate surface area is 490 Å². The molecular weight excluding hydrogens is 913 g/mol. The van der Waals surface area contributed by atoms with Crippen LogP contribution in [-0.4, -0.2) is 0 Å². The lowest BCUT2D eigenvalue weighted by atomic mass is 9.74. The van der Waals surface area contributed by atoms with Gasteiger partial charge in [0.2, 0.25) is 0 Å². The van der Waals surface area contributed by atoms with Gasteiger partial charge in [0.15, 0.2) is 0 Å². The molecule has 0 saturated heterocycles. The molecule has 0 aromatic rings. The topological polar surface area (TPSA) is 0 Å². The monoisotopic (exact) mass is 1080 g/mol. The van der Waals surface area contributed by atoms with Gasteiger partial charge in [0, 0.05) is 0 Å². The molecule has 5 saturated carbocycles. The van der Waals surface area contributed by atoms with E-state index in [1.165, 1.54) is 205 Å². The van der Waals surface area contributed by atoms with Gasteiger partial charge < -0.3 is 0 Å². The maximum absolute atomic E-state index is 2.40. The van der Waals surface area contributed by atoms with Crippen molar-refractivity contribution in [2.24, 2.45) is 93.7 Å². The van der Waals surface area contributed by atoms with Gasteiger partial charge in [-0.25, -0.2) is 0 Å². The Kier molecular flexibility index (Phi) is 62.0. The van der Waals surface area contributed by atoms with Crippen LogP contribution in [0.15, 0.2) is 0 Å². The highest BCUT2D eigenvalue weighted by atomic mass is 14.3. The summed E-state index contributed by atoms with van der Waals surface area (Å²) in [6.07, 6.45) is 45.6. The van der Waals surface area contributed by atoms with E-state index < -0.39 is 0 Å². The minimum atomic E-state index is 0.550. The van der Waals surface area contributed by atoms with Gasteiger partial charge in [-0.2, -0.15) is 0 Å². The largest absolute Gasteiger partial charge is 0.0654 e. The van der Waals surface area contributed by atoms with Crippen molar-refractivity contribution in [2.75, 3.05) is 0 Å². The second kappa shape index (κ2) is 55.5. The SMILES string of the molecule is CC(C)C1CCC1.CC(C)C1CCCC1.CC1CCC(C)(C)CC1.CC1CCCC(C)C1C.CC1CCCC[C@H]1C.CCC(CC)CC.CCCC(C)(C)C.CCCCC(C)C.CCCCC(C)C.CCC[C@H](C)CC. The van der Waals surface area contributed by atoms with E-state index in [4.69, 9.17) is 0 Å². The Morgan fingerprint density at radius 3 is 0.895 bits per heavy atom. The fourth-order valence-corrected chi connectivity index (χ4v) is 11.2. The smallest absolute Gasteiger partial charge is 0.0354 e. The molecule has 0 radical (unpaired) electrons. The Hall–Kier alpha value is 0. The van der Waals surface area contributed by atoms with E-state index in [1.807, 2.05) is 0 Å². The fraction of sp³-hybridized carbons (Fsp3) is 1.00. The maximum Gasteiger partial charge on any atom is -0.0354 e. The first-order valence-electron chi connectivity index (χ1n) is 35.5. The first kappa shape index (κ1) is 84.8. The predicted octanol–water partition coefficient (Wildman–Crippen LogP) is 28.6. The summed E-state index contributed by atoms with van der Waals surface area (Å²) >= 11 is 0. The van der Waals surface area contributed by atoms with Crippen LogP contribution in [0.2, 0.25) is 0 Å². The molecule has 0 heteroatoms. The third kappa shape index (κ3) is 60.1. The Morgan fingerprint density at radius 1 is 0.395 bits per heavy atom. The molecule has 5 rings (SSSR count). The third-order valence-electron chi connectivity index (χ3n) is 19.2. The molecule has 0 spiro atoms. The van der Waals surface area contributed by atoms with Crippen LogP contribution in [0.25, 0.3) is 0 Å². The van der Waals surface area contributed by atoms with Crippen molar-refractivity contribution < 1.29 is 0 Å². The van der Waals surface area contributed by atoms with Crippen LogP contribution in [0.1, 0.15) is 399 Å². The molecule has 0 N–H and O–H groups in total. The molecule has 5 fully saturated rings. The van der Waals surface area contributed by atoms with Gasteiger partial charge >= 0.3 is 0 Å². The molecule has 0 bridgehead atoms. The van der Waals surface area contributed by atoms with Crippen LogP contribution in [0.3, 0.4) is 0 Å². The zero-order chi connectivity index (χ0) is 59.7. The molecule has 466 valence electrons. The van der Waals surface area contributed by atoms with E-state index in [2.05, 4.69) is 194 Å². The van der Waals surface area contributed by atoms with Crippen LogP contribution in [0, 0.1) is 93.7 Å². The summed E-state index contributed by atoms with van der Waals surface area (Å²) in [6.45, 7) is 64.6. The van der Waals surface area contributed by atoms with E-state index in [1.54, 1.807) is 0 Å². The molecule has 5 aliphatic rings. The zero-order valence-corrected chi connectivity index (χ0v) is 59.7. The highest BCUT2D eigenvalue weighted by molar-refractivity contribution is 4.77. The Bertz CT molecular complexity index is 1020. The molecule has 0 heterocycles. The normalized spacial score (nSPS) is 22.6. The van der Waals surface area contributed by atoms with Crippen LogP contribution >= 0.6 is 0 Å². The van der Waals surface area contributed by atoms with Gasteiger partial charge in [-0.1, -0.05) is 380 Å². The summed E-state index contributed by atoms with van der Waals surface area (Å²) in [4.78, 5) is 0. The Morgan fingerprint density at radius 2 is 0.737 bits per heavy atom. The van der Waals surface area contributed by atoms with Crippen LogP contribution in [0.4, 0.5) is 0 Å². The molecule has 3 unspecified atom stereocenters. The molecule has 76 heavy (non-hydrogen) atoms. The Balaban J connectivity index is -0.000000246. The van der Waals surface area contributed by atoms with E-state index >= 15 is 0 Å². The van der Waals surface area contributed by atoms with Gasteiger partial charge in [0.05, 0.1) is 0 Å². The van der Waals surface area contributed by atoms with E-state index in [0.29, 0.717) is 10.8 Å². The summed E-state index contributed by atoms with van der Waals surface area (Å²) in [5, 5.41) is 0. The summed E-state index contributed by atoms with van der Waals surface area (Å²) < 4.78 is 0. The molecule has 0 aromatic heterocycles. The van der Waals surface area contributed by atoms with E-state index in [0.717, 1.165) is 82.9 Å². The standard InChI is InChI=1S/2C9H18.2C8H16.C7H14.5C7H16/c1-8-4-6-9(2,3)7-5-8;1-7-5-4-6-8(2)9(7)3;1-7-5-3-4-6-8(7)2;1-7(2)8-5-3-4-6-8;1-6(2)7-4-3-5-7;1-5-6-7(2,3)4;2*1-4-5-6-7(2)3;1-4-6-7(3)5-2;1-4-7(5-2)6-3/h8H,4-7H2,1-3H3;7-9H,4-6H2,1-3H3;2*7-8H,3-6H2,1-2H3;6-7H,3-5H2,1-2H3;5-6H2,1-4H3;4*7H,4-6H2,1-3H3/t;;7-,8?;;;;;;7-;/m..1.....1./s1. The van der Waals surface area contributed by atoms with Crippen molar-refractivity contribution in [1.82, 2.24) is 0 Å². The van der Waals surface area contributed by atoms with Crippen LogP contribution in [-0.2, 0) is 0 Å². The summed E-state index contributed by atoms with van der Waals surface area (Å²) in [7, 11) is 0. The van der Waals surface area contributed by atoms with Crippen LogP contribution < -0.4 is 0 Å². The molecule has 0 amide bonds. The van der Waals surface area contributed by atoms with E-state index in [-0.39, 0.29) is 0 Å². The van der Waals surface area contributed by atoms with Crippen molar-refractivity contribution in [3.8, 4) is 0 Å². The quantitative estimate of drug-likeness (QED) is 0.153. The number of hydrogen-bond acceptors (Lipinski definition) is 0. The molecule has 5 atom stereocenters. The van der Waals surface area contributed by atoms with Gasteiger partial charge in [-0.3, -0.25) is 0 Å². The van der Waals surface area contributed by atoms with E-state index in [9.17, 15) is 0 Å². The first-order chi connectivity index (χ1) is 35.5. The highest BCUT2D eigenvalue weighted by Gasteiger charge is 2.25. The summed E-state index contributed by atoms with van der Waals surface area (Å²) in [5.41, 5.74) is 1.21. The van der Waals surface area contributed by atoms with Crippen LogP contribution in [0.5, 0.6) is 0 Å². The van der Waals surface area contributed by atoms with Crippen molar-refractivity contribution in [3.05, 3.63) is 0 Å².